The minimum Gasteiger partial charge on any atom is -0.377 e. The summed E-state index contributed by atoms with van der Waals surface area (Å²) in [5.41, 5.74) is 0.770. The molecule has 0 aliphatic carbocycles. The molecule has 1 aromatic carbocycles. The van der Waals surface area contributed by atoms with Crippen molar-refractivity contribution < 1.29 is 9.13 Å². The first kappa shape index (κ1) is 12.4. The highest BCUT2D eigenvalue weighted by Gasteiger charge is 2.15. The molecule has 0 amide bonds. The Morgan fingerprint density at radius 1 is 1.50 bits per heavy atom. The van der Waals surface area contributed by atoms with E-state index < -0.39 is 0 Å². The second-order valence-corrected chi connectivity index (χ2v) is 5.83. The molecule has 1 nitrogen and oxygen atoms in total. The molecule has 0 spiro atoms. The third-order valence-electron chi connectivity index (χ3n) is 2.60. The fourth-order valence-corrected chi connectivity index (χ4v) is 3.15. The van der Waals surface area contributed by atoms with Gasteiger partial charge in [-0.25, -0.2) is 4.39 Å². The number of hydrogen-bond acceptors (Lipinski definition) is 2. The van der Waals surface area contributed by atoms with Gasteiger partial charge in [0, 0.05) is 22.6 Å². The van der Waals surface area contributed by atoms with Crippen molar-refractivity contribution in [1.29, 1.82) is 0 Å². The van der Waals surface area contributed by atoms with Gasteiger partial charge < -0.3 is 4.74 Å². The molecule has 1 unspecified atom stereocenters. The molecule has 1 saturated heterocycles. The molecule has 0 aromatic heterocycles. The molecule has 1 aliphatic heterocycles. The number of halogens is 2. The van der Waals surface area contributed by atoms with Crippen molar-refractivity contribution >= 4 is 27.7 Å². The van der Waals surface area contributed by atoms with E-state index in [9.17, 15) is 4.39 Å². The maximum absolute atomic E-state index is 13.5. The first-order valence-electron chi connectivity index (χ1n) is 5.39. The second-order valence-electron chi connectivity index (χ2n) is 3.89. The molecular formula is C12H14BrFOS. The highest BCUT2D eigenvalue weighted by atomic mass is 79.9. The number of thioether (sulfide) groups is 1. The molecule has 0 N–H and O–H groups in total. The van der Waals surface area contributed by atoms with Crippen molar-refractivity contribution in [3.63, 3.8) is 0 Å². The molecule has 1 fully saturated rings. The van der Waals surface area contributed by atoms with Gasteiger partial charge in [0.15, 0.2) is 0 Å². The molecule has 1 aliphatic rings. The highest BCUT2D eigenvalue weighted by molar-refractivity contribution is 9.10. The Labute approximate surface area is 108 Å². The Bertz CT molecular complexity index is 353. The Kier molecular flexibility index (Phi) is 4.67. The van der Waals surface area contributed by atoms with Crippen LogP contribution in [0.2, 0.25) is 0 Å². The van der Waals surface area contributed by atoms with Gasteiger partial charge in [0.1, 0.15) is 5.82 Å². The van der Waals surface area contributed by atoms with Crippen molar-refractivity contribution in [2.75, 3.05) is 12.4 Å². The molecular weight excluding hydrogens is 291 g/mol. The summed E-state index contributed by atoms with van der Waals surface area (Å²) >= 11 is 4.99. The quantitative estimate of drug-likeness (QED) is 0.831. The van der Waals surface area contributed by atoms with Crippen molar-refractivity contribution in [3.8, 4) is 0 Å². The van der Waals surface area contributed by atoms with Crippen molar-refractivity contribution in [2.45, 2.75) is 24.7 Å². The SMILES string of the molecule is Fc1cc(Br)ccc1CSCC1CCCO1. The zero-order valence-corrected chi connectivity index (χ0v) is 11.3. The van der Waals surface area contributed by atoms with E-state index in [2.05, 4.69) is 15.9 Å². The highest BCUT2D eigenvalue weighted by Crippen LogP contribution is 2.23. The minimum absolute atomic E-state index is 0.130. The molecule has 1 atom stereocenters. The van der Waals surface area contributed by atoms with E-state index in [4.69, 9.17) is 4.74 Å². The third kappa shape index (κ3) is 3.47. The molecule has 16 heavy (non-hydrogen) atoms. The number of hydrogen-bond donors (Lipinski definition) is 0. The molecule has 2 rings (SSSR count). The molecule has 88 valence electrons. The van der Waals surface area contributed by atoms with Crippen LogP contribution in [0.4, 0.5) is 4.39 Å². The van der Waals surface area contributed by atoms with Crippen LogP contribution >= 0.6 is 27.7 Å². The number of rotatable bonds is 4. The standard InChI is InChI=1S/C12H14BrFOS/c13-10-4-3-9(12(14)6-10)7-16-8-11-2-1-5-15-11/h3-4,6,11H,1-2,5,7-8H2. The van der Waals surface area contributed by atoms with Gasteiger partial charge in [-0.05, 0) is 30.5 Å². The van der Waals surface area contributed by atoms with Crippen LogP contribution in [0.15, 0.2) is 22.7 Å². The smallest absolute Gasteiger partial charge is 0.128 e. The monoisotopic (exact) mass is 304 g/mol. The Morgan fingerprint density at radius 2 is 2.38 bits per heavy atom. The summed E-state index contributed by atoms with van der Waals surface area (Å²) < 4.78 is 19.8. The third-order valence-corrected chi connectivity index (χ3v) is 4.22. The summed E-state index contributed by atoms with van der Waals surface area (Å²) in [7, 11) is 0. The lowest BCUT2D eigenvalue weighted by Gasteiger charge is -2.09. The predicted octanol–water partition coefficient (Wildman–Crippen LogP) is 4.00. The summed E-state index contributed by atoms with van der Waals surface area (Å²) in [4.78, 5) is 0. The molecule has 4 heteroatoms. The van der Waals surface area contributed by atoms with Gasteiger partial charge in [0.2, 0.25) is 0 Å². The van der Waals surface area contributed by atoms with E-state index in [1.165, 1.54) is 6.07 Å². The Morgan fingerprint density at radius 3 is 3.06 bits per heavy atom. The summed E-state index contributed by atoms with van der Waals surface area (Å²) in [5, 5.41) is 0. The lowest BCUT2D eigenvalue weighted by atomic mass is 10.2. The van der Waals surface area contributed by atoms with Gasteiger partial charge in [-0.15, -0.1) is 0 Å². The molecule has 1 aromatic rings. The van der Waals surface area contributed by atoms with Gasteiger partial charge in [-0.2, -0.15) is 11.8 Å². The van der Waals surface area contributed by atoms with E-state index in [0.717, 1.165) is 41.0 Å². The molecule has 1 heterocycles. The lowest BCUT2D eigenvalue weighted by molar-refractivity contribution is 0.129. The lowest BCUT2D eigenvalue weighted by Crippen LogP contribution is -2.08. The van der Waals surface area contributed by atoms with Crippen molar-refractivity contribution in [1.82, 2.24) is 0 Å². The summed E-state index contributed by atoms with van der Waals surface area (Å²) in [6.45, 7) is 0.887. The second kappa shape index (κ2) is 6.03. The Balaban J connectivity index is 1.80. The number of ether oxygens (including phenoxy) is 1. The minimum atomic E-state index is -0.130. The molecule has 0 radical (unpaired) electrons. The van der Waals surface area contributed by atoms with Gasteiger partial charge in [0.25, 0.3) is 0 Å². The first-order valence-corrected chi connectivity index (χ1v) is 7.34. The van der Waals surface area contributed by atoms with Gasteiger partial charge in [0.05, 0.1) is 6.10 Å². The van der Waals surface area contributed by atoms with Crippen LogP contribution in [0.25, 0.3) is 0 Å². The van der Waals surface area contributed by atoms with E-state index in [1.807, 2.05) is 12.1 Å². The van der Waals surface area contributed by atoms with Gasteiger partial charge in [-0.3, -0.25) is 0 Å². The van der Waals surface area contributed by atoms with E-state index in [0.29, 0.717) is 6.10 Å². The van der Waals surface area contributed by atoms with Gasteiger partial charge in [-0.1, -0.05) is 22.0 Å². The van der Waals surface area contributed by atoms with Gasteiger partial charge >= 0.3 is 0 Å². The van der Waals surface area contributed by atoms with Crippen LogP contribution in [0, 0.1) is 5.82 Å². The fourth-order valence-electron chi connectivity index (χ4n) is 1.71. The van der Waals surface area contributed by atoms with Crippen LogP contribution in [0.3, 0.4) is 0 Å². The summed E-state index contributed by atoms with van der Waals surface area (Å²) in [5.74, 6) is 1.56. The molecule has 0 saturated carbocycles. The zero-order valence-electron chi connectivity index (χ0n) is 8.92. The average molecular weight is 305 g/mol. The summed E-state index contributed by atoms with van der Waals surface area (Å²) in [6, 6.07) is 5.23. The van der Waals surface area contributed by atoms with Crippen molar-refractivity contribution in [3.05, 3.63) is 34.1 Å². The van der Waals surface area contributed by atoms with Crippen LogP contribution < -0.4 is 0 Å². The van der Waals surface area contributed by atoms with Crippen LogP contribution in [-0.2, 0) is 10.5 Å². The Hall–Kier alpha value is -0.0600. The first-order chi connectivity index (χ1) is 7.75. The number of benzene rings is 1. The predicted molar refractivity (Wildman–Crippen MR) is 69.2 cm³/mol. The van der Waals surface area contributed by atoms with Crippen LogP contribution in [0.1, 0.15) is 18.4 Å². The fraction of sp³-hybridized carbons (Fsp3) is 0.500. The van der Waals surface area contributed by atoms with Crippen molar-refractivity contribution in [2.24, 2.45) is 0 Å². The normalized spacial score (nSPS) is 20.2. The summed E-state index contributed by atoms with van der Waals surface area (Å²) in [6.07, 6.45) is 2.69. The van der Waals surface area contributed by atoms with Crippen LogP contribution in [-0.4, -0.2) is 18.5 Å². The maximum atomic E-state index is 13.5. The topological polar surface area (TPSA) is 9.23 Å². The maximum Gasteiger partial charge on any atom is 0.128 e. The van der Waals surface area contributed by atoms with E-state index >= 15 is 0 Å². The van der Waals surface area contributed by atoms with Crippen LogP contribution in [0.5, 0.6) is 0 Å². The van der Waals surface area contributed by atoms with E-state index in [-0.39, 0.29) is 5.82 Å². The average Bonchev–Trinajstić information content (AvgIpc) is 2.74. The molecule has 0 bridgehead atoms. The zero-order chi connectivity index (χ0) is 11.4. The largest absolute Gasteiger partial charge is 0.377 e. The van der Waals surface area contributed by atoms with E-state index in [1.54, 1.807) is 11.8 Å².